The van der Waals surface area contributed by atoms with Crippen LogP contribution in [0.4, 0.5) is 5.69 Å². The zero-order valence-corrected chi connectivity index (χ0v) is 18.3. The quantitative estimate of drug-likeness (QED) is 0.728. The summed E-state index contributed by atoms with van der Waals surface area (Å²) in [5.41, 5.74) is 3.00. The third-order valence-corrected chi connectivity index (χ3v) is 7.65. The van der Waals surface area contributed by atoms with Crippen LogP contribution in [0.5, 0.6) is 0 Å². The molecule has 0 unspecified atom stereocenters. The van der Waals surface area contributed by atoms with Crippen molar-refractivity contribution in [3.8, 4) is 0 Å². The number of hydrogen-bond acceptors (Lipinski definition) is 3. The Morgan fingerprint density at radius 1 is 1.10 bits per heavy atom. The van der Waals surface area contributed by atoms with E-state index >= 15 is 0 Å². The number of benzene rings is 2. The lowest BCUT2D eigenvalue weighted by molar-refractivity contribution is 0.102. The van der Waals surface area contributed by atoms with E-state index in [-0.39, 0.29) is 10.8 Å². The molecule has 1 saturated heterocycles. The summed E-state index contributed by atoms with van der Waals surface area (Å²) in [6.07, 6.45) is 3.79. The monoisotopic (exact) mass is 414 g/mol. The third-order valence-electron chi connectivity index (χ3n) is 5.76. The summed E-state index contributed by atoms with van der Waals surface area (Å²) < 4.78 is 27.5. The average Bonchev–Trinajstić information content (AvgIpc) is 2.74. The zero-order chi connectivity index (χ0) is 21.0. The molecule has 3 rings (SSSR count). The Morgan fingerprint density at radius 3 is 2.48 bits per heavy atom. The van der Waals surface area contributed by atoms with E-state index in [4.69, 9.17) is 0 Å². The van der Waals surface area contributed by atoms with Crippen molar-refractivity contribution in [1.82, 2.24) is 4.31 Å². The maximum atomic E-state index is 13.0. The first-order valence-corrected chi connectivity index (χ1v) is 11.8. The first kappa shape index (κ1) is 21.5. The van der Waals surface area contributed by atoms with Crippen LogP contribution in [0.25, 0.3) is 0 Å². The van der Waals surface area contributed by atoms with Gasteiger partial charge in [0.25, 0.3) is 5.91 Å². The number of carbonyl (C=O) groups excluding carboxylic acids is 1. The Balaban J connectivity index is 1.90. The van der Waals surface area contributed by atoms with Crippen LogP contribution in [0.2, 0.25) is 0 Å². The van der Waals surface area contributed by atoms with E-state index in [1.807, 2.05) is 31.2 Å². The molecule has 0 radical (unpaired) electrons. The minimum atomic E-state index is -3.58. The van der Waals surface area contributed by atoms with Gasteiger partial charge in [0.05, 0.1) is 4.90 Å². The van der Waals surface area contributed by atoms with Crippen LogP contribution < -0.4 is 5.32 Å². The number of nitrogens with one attached hydrogen (secondary N) is 1. The van der Waals surface area contributed by atoms with E-state index in [0.29, 0.717) is 24.6 Å². The largest absolute Gasteiger partial charge is 0.322 e. The van der Waals surface area contributed by atoms with Crippen LogP contribution in [0.3, 0.4) is 0 Å². The second kappa shape index (κ2) is 9.09. The van der Waals surface area contributed by atoms with Gasteiger partial charge in [0, 0.05) is 24.3 Å². The number of amides is 1. The van der Waals surface area contributed by atoms with E-state index in [0.717, 1.165) is 42.5 Å². The van der Waals surface area contributed by atoms with Crippen LogP contribution >= 0.6 is 0 Å². The number of anilines is 1. The topological polar surface area (TPSA) is 66.5 Å². The van der Waals surface area contributed by atoms with E-state index in [2.05, 4.69) is 19.2 Å². The molecule has 2 aromatic carbocycles. The van der Waals surface area contributed by atoms with Crippen molar-refractivity contribution in [2.75, 3.05) is 18.4 Å². The number of piperidine rings is 1. The molecule has 0 spiro atoms. The maximum absolute atomic E-state index is 13.0. The molecule has 2 aromatic rings. The van der Waals surface area contributed by atoms with E-state index < -0.39 is 10.0 Å². The Kier molecular flexibility index (Phi) is 6.75. The third kappa shape index (κ3) is 4.70. The first-order chi connectivity index (χ1) is 13.8. The van der Waals surface area contributed by atoms with Crippen molar-refractivity contribution in [3.63, 3.8) is 0 Å². The van der Waals surface area contributed by atoms with Gasteiger partial charge in [-0.2, -0.15) is 4.31 Å². The molecule has 1 atom stereocenters. The summed E-state index contributed by atoms with van der Waals surface area (Å²) in [4.78, 5) is 13.2. The number of rotatable bonds is 6. The van der Waals surface area contributed by atoms with Gasteiger partial charge in [-0.1, -0.05) is 44.5 Å². The summed E-state index contributed by atoms with van der Waals surface area (Å²) in [7, 11) is -3.58. The lowest BCUT2D eigenvalue weighted by Crippen LogP contribution is -2.35. The zero-order valence-electron chi connectivity index (χ0n) is 17.4. The molecule has 5 nitrogen and oxygen atoms in total. The second-order valence-electron chi connectivity index (χ2n) is 7.79. The predicted octanol–water partition coefficient (Wildman–Crippen LogP) is 4.94. The molecule has 1 heterocycles. The SMILES string of the molecule is CC[C@H](C)c1ccccc1NC(=O)c1cc(S(=O)(=O)N2CCCCC2)ccc1C. The molecule has 1 aliphatic heterocycles. The lowest BCUT2D eigenvalue weighted by Gasteiger charge is -2.26. The van der Waals surface area contributed by atoms with Gasteiger partial charge in [0.2, 0.25) is 10.0 Å². The number of aryl methyl sites for hydroxylation is 1. The van der Waals surface area contributed by atoms with Gasteiger partial charge in [-0.25, -0.2) is 8.42 Å². The van der Waals surface area contributed by atoms with Crippen molar-refractivity contribution in [1.29, 1.82) is 0 Å². The smallest absolute Gasteiger partial charge is 0.255 e. The highest BCUT2D eigenvalue weighted by molar-refractivity contribution is 7.89. The van der Waals surface area contributed by atoms with Gasteiger partial charge < -0.3 is 5.32 Å². The van der Waals surface area contributed by atoms with Crippen molar-refractivity contribution in [3.05, 3.63) is 59.2 Å². The van der Waals surface area contributed by atoms with Gasteiger partial charge in [-0.3, -0.25) is 4.79 Å². The normalized spacial score (nSPS) is 16.4. The summed E-state index contributed by atoms with van der Waals surface area (Å²) in [6.45, 7) is 7.15. The van der Waals surface area contributed by atoms with E-state index in [1.54, 1.807) is 12.1 Å². The molecule has 156 valence electrons. The number of hydrogen-bond donors (Lipinski definition) is 1. The van der Waals surface area contributed by atoms with Crippen molar-refractivity contribution < 1.29 is 13.2 Å². The Hall–Kier alpha value is -2.18. The minimum absolute atomic E-state index is 0.186. The highest BCUT2D eigenvalue weighted by Gasteiger charge is 2.27. The fourth-order valence-corrected chi connectivity index (χ4v) is 5.25. The summed E-state index contributed by atoms with van der Waals surface area (Å²) in [6, 6.07) is 12.6. The van der Waals surface area contributed by atoms with Crippen molar-refractivity contribution in [2.24, 2.45) is 0 Å². The second-order valence-corrected chi connectivity index (χ2v) is 9.73. The molecule has 0 saturated carbocycles. The molecular formula is C23H30N2O3S. The molecular weight excluding hydrogens is 384 g/mol. The van der Waals surface area contributed by atoms with Gasteiger partial charge >= 0.3 is 0 Å². The average molecular weight is 415 g/mol. The number of carbonyl (C=O) groups is 1. The number of nitrogens with zero attached hydrogens (tertiary/aromatic N) is 1. The molecule has 29 heavy (non-hydrogen) atoms. The Labute approximate surface area is 174 Å². The van der Waals surface area contributed by atoms with Gasteiger partial charge in [0.15, 0.2) is 0 Å². The van der Waals surface area contributed by atoms with Crippen LogP contribution in [-0.4, -0.2) is 31.7 Å². The summed E-state index contributed by atoms with van der Waals surface area (Å²) in [5.74, 6) is 0.0346. The Morgan fingerprint density at radius 2 is 1.79 bits per heavy atom. The minimum Gasteiger partial charge on any atom is -0.322 e. The Bertz CT molecular complexity index is 979. The van der Waals surface area contributed by atoms with Crippen molar-refractivity contribution >= 4 is 21.6 Å². The van der Waals surface area contributed by atoms with Crippen LogP contribution in [0.1, 0.15) is 66.9 Å². The number of sulfonamides is 1. The molecule has 1 fully saturated rings. The lowest BCUT2D eigenvalue weighted by atomic mass is 9.96. The van der Waals surface area contributed by atoms with Crippen LogP contribution in [0.15, 0.2) is 47.4 Å². The van der Waals surface area contributed by atoms with E-state index in [1.165, 1.54) is 10.4 Å². The highest BCUT2D eigenvalue weighted by Crippen LogP contribution is 2.28. The molecule has 1 amide bonds. The van der Waals surface area contributed by atoms with Gasteiger partial charge in [-0.05, 0) is 61.4 Å². The first-order valence-electron chi connectivity index (χ1n) is 10.4. The fourth-order valence-electron chi connectivity index (χ4n) is 3.71. The fraction of sp³-hybridized carbons (Fsp3) is 0.435. The van der Waals surface area contributed by atoms with E-state index in [9.17, 15) is 13.2 Å². The standard InChI is InChI=1S/C23H30N2O3S/c1-4-17(2)20-10-6-7-11-22(20)24-23(26)21-16-19(13-12-18(21)3)29(27,28)25-14-8-5-9-15-25/h6-7,10-13,16-17H,4-5,8-9,14-15H2,1-3H3,(H,24,26)/t17-/m0/s1. The van der Waals surface area contributed by atoms with Gasteiger partial charge in [0.1, 0.15) is 0 Å². The molecule has 6 heteroatoms. The predicted molar refractivity (Wildman–Crippen MR) is 117 cm³/mol. The van der Waals surface area contributed by atoms with Crippen molar-refractivity contribution in [2.45, 2.75) is 57.3 Å². The summed E-state index contributed by atoms with van der Waals surface area (Å²) >= 11 is 0. The summed E-state index contributed by atoms with van der Waals surface area (Å²) in [5, 5.41) is 2.99. The molecule has 1 N–H and O–H groups in total. The molecule has 0 bridgehead atoms. The highest BCUT2D eigenvalue weighted by atomic mass is 32.2. The van der Waals surface area contributed by atoms with Crippen LogP contribution in [0, 0.1) is 6.92 Å². The van der Waals surface area contributed by atoms with Gasteiger partial charge in [-0.15, -0.1) is 0 Å². The molecule has 0 aromatic heterocycles. The van der Waals surface area contributed by atoms with Crippen LogP contribution in [-0.2, 0) is 10.0 Å². The molecule has 1 aliphatic rings. The maximum Gasteiger partial charge on any atom is 0.255 e. The molecule has 0 aliphatic carbocycles. The number of para-hydroxylation sites is 1.